The third-order valence-corrected chi connectivity index (χ3v) is 5.21. The molecule has 1 aromatic carbocycles. The molecule has 0 saturated carbocycles. The summed E-state index contributed by atoms with van der Waals surface area (Å²) in [6.07, 6.45) is 4.68. The number of carbonyl (C=O) groups is 2. The minimum Gasteiger partial charge on any atom is -0.350 e. The summed E-state index contributed by atoms with van der Waals surface area (Å²) in [5.41, 5.74) is 1.54. The molecule has 1 aliphatic heterocycles. The van der Waals surface area contributed by atoms with Crippen LogP contribution in [0.4, 0.5) is 4.39 Å². The fourth-order valence-corrected chi connectivity index (χ4v) is 3.63. The highest BCUT2D eigenvalue weighted by molar-refractivity contribution is 7.13. The first-order chi connectivity index (χ1) is 12.5. The normalized spacial score (nSPS) is 15.4. The van der Waals surface area contributed by atoms with E-state index in [2.05, 4.69) is 10.3 Å². The highest BCUT2D eigenvalue weighted by Gasteiger charge is 2.21. The fraction of sp³-hybridized carbons (Fsp3) is 0.316. The summed E-state index contributed by atoms with van der Waals surface area (Å²) in [7, 11) is 0. The zero-order chi connectivity index (χ0) is 18.5. The second-order valence-electron chi connectivity index (χ2n) is 6.21. The molecule has 7 heteroatoms. The van der Waals surface area contributed by atoms with Crippen molar-refractivity contribution in [2.24, 2.45) is 0 Å². The monoisotopic (exact) mass is 373 g/mol. The average molecular weight is 373 g/mol. The van der Waals surface area contributed by atoms with Gasteiger partial charge in [0.05, 0.1) is 5.69 Å². The first-order valence-corrected chi connectivity index (χ1v) is 9.35. The summed E-state index contributed by atoms with van der Waals surface area (Å²) in [4.78, 5) is 29.6. The zero-order valence-electron chi connectivity index (χ0n) is 14.4. The minimum absolute atomic E-state index is 0.0789. The van der Waals surface area contributed by atoms with Crippen LogP contribution in [0.1, 0.15) is 25.5 Å². The van der Waals surface area contributed by atoms with Crippen molar-refractivity contribution in [2.45, 2.75) is 25.8 Å². The number of nitrogens with one attached hydrogen (secondary N) is 1. The van der Waals surface area contributed by atoms with Crippen LogP contribution in [0, 0.1) is 5.82 Å². The number of hydrogen-bond acceptors (Lipinski definition) is 4. The third kappa shape index (κ3) is 4.76. The second-order valence-corrected chi connectivity index (χ2v) is 7.06. The number of piperidine rings is 1. The van der Waals surface area contributed by atoms with Gasteiger partial charge >= 0.3 is 0 Å². The molecule has 1 N–H and O–H groups in total. The van der Waals surface area contributed by atoms with E-state index >= 15 is 0 Å². The molecule has 0 unspecified atom stereocenters. The molecule has 1 saturated heterocycles. The van der Waals surface area contributed by atoms with Gasteiger partial charge in [0.25, 0.3) is 0 Å². The number of carbonyl (C=O) groups excluding carboxylic acids is 2. The largest absolute Gasteiger partial charge is 0.350 e. The van der Waals surface area contributed by atoms with Gasteiger partial charge in [-0.1, -0.05) is 0 Å². The lowest BCUT2D eigenvalue weighted by molar-refractivity contribution is -0.129. The topological polar surface area (TPSA) is 62.3 Å². The van der Waals surface area contributed by atoms with Gasteiger partial charge in [-0.05, 0) is 43.2 Å². The lowest BCUT2D eigenvalue weighted by atomic mass is 10.1. The summed E-state index contributed by atoms with van der Waals surface area (Å²) < 4.78 is 13.0. The number of halogens is 1. The van der Waals surface area contributed by atoms with Crippen LogP contribution < -0.4 is 5.32 Å². The van der Waals surface area contributed by atoms with Gasteiger partial charge in [0.1, 0.15) is 10.8 Å². The molecule has 0 spiro atoms. The van der Waals surface area contributed by atoms with E-state index in [4.69, 9.17) is 0 Å². The lowest BCUT2D eigenvalue weighted by Gasteiger charge is -2.31. The zero-order valence-corrected chi connectivity index (χ0v) is 15.3. The van der Waals surface area contributed by atoms with E-state index in [9.17, 15) is 14.0 Å². The molecule has 2 amide bonds. The van der Waals surface area contributed by atoms with Crippen LogP contribution in [0.3, 0.4) is 0 Å². The van der Waals surface area contributed by atoms with Gasteiger partial charge in [0.15, 0.2) is 0 Å². The molecule has 1 aliphatic rings. The molecule has 26 heavy (non-hydrogen) atoms. The summed E-state index contributed by atoms with van der Waals surface area (Å²) in [5, 5.41) is 5.60. The van der Waals surface area contributed by atoms with E-state index in [1.165, 1.54) is 29.5 Å². The molecule has 3 rings (SSSR count). The van der Waals surface area contributed by atoms with Gasteiger partial charge in [0.2, 0.25) is 11.8 Å². The summed E-state index contributed by atoms with van der Waals surface area (Å²) in [6.45, 7) is 2.92. The number of thiazole rings is 1. The van der Waals surface area contributed by atoms with Crippen molar-refractivity contribution in [3.63, 3.8) is 0 Å². The number of nitrogens with zero attached hydrogens (tertiary/aromatic N) is 2. The first-order valence-electron chi connectivity index (χ1n) is 8.47. The average Bonchev–Trinajstić information content (AvgIpc) is 3.10. The first kappa shape index (κ1) is 18.3. The number of amides is 2. The Morgan fingerprint density at radius 3 is 2.62 bits per heavy atom. The standard InChI is InChI=1S/C19H20FN3O2S/c1-13(24)23-10-8-16(9-11-23)21-18(25)7-6-17-12-26-19(22-17)14-2-4-15(20)5-3-14/h2-7,12,16H,8-11H2,1H3,(H,21,25). The van der Waals surface area contributed by atoms with Crippen molar-refractivity contribution in [1.29, 1.82) is 0 Å². The third-order valence-electron chi connectivity index (χ3n) is 4.31. The van der Waals surface area contributed by atoms with Crippen LogP contribution in [0.5, 0.6) is 0 Å². The van der Waals surface area contributed by atoms with E-state index in [1.54, 1.807) is 30.0 Å². The van der Waals surface area contributed by atoms with E-state index < -0.39 is 0 Å². The molecule has 5 nitrogen and oxygen atoms in total. The minimum atomic E-state index is -0.281. The Balaban J connectivity index is 1.53. The number of hydrogen-bond donors (Lipinski definition) is 1. The molecule has 1 fully saturated rings. The van der Waals surface area contributed by atoms with Crippen LogP contribution in [0.15, 0.2) is 35.7 Å². The van der Waals surface area contributed by atoms with Crippen LogP contribution in [-0.4, -0.2) is 40.8 Å². The predicted molar refractivity (Wildman–Crippen MR) is 100.0 cm³/mol. The Kier molecular flexibility index (Phi) is 5.78. The van der Waals surface area contributed by atoms with Gasteiger partial charge < -0.3 is 10.2 Å². The van der Waals surface area contributed by atoms with E-state index in [0.29, 0.717) is 18.8 Å². The molecular weight excluding hydrogens is 353 g/mol. The van der Waals surface area contributed by atoms with Crippen molar-refractivity contribution in [2.75, 3.05) is 13.1 Å². The van der Waals surface area contributed by atoms with Gasteiger partial charge in [-0.25, -0.2) is 9.37 Å². The maximum atomic E-state index is 13.0. The number of aromatic nitrogens is 1. The van der Waals surface area contributed by atoms with E-state index in [-0.39, 0.29) is 23.7 Å². The molecular formula is C19H20FN3O2S. The van der Waals surface area contributed by atoms with Gasteiger partial charge in [0, 0.05) is 43.1 Å². The van der Waals surface area contributed by atoms with Crippen molar-refractivity contribution < 1.29 is 14.0 Å². The second kappa shape index (κ2) is 8.23. The highest BCUT2D eigenvalue weighted by atomic mass is 32.1. The van der Waals surface area contributed by atoms with Crippen LogP contribution in [0.2, 0.25) is 0 Å². The molecule has 136 valence electrons. The predicted octanol–water partition coefficient (Wildman–Crippen LogP) is 3.09. The summed E-state index contributed by atoms with van der Waals surface area (Å²) >= 11 is 1.44. The van der Waals surface area contributed by atoms with Crippen molar-refractivity contribution in [3.8, 4) is 10.6 Å². The number of benzene rings is 1. The molecule has 1 aromatic heterocycles. The quantitative estimate of drug-likeness (QED) is 0.838. The van der Waals surface area contributed by atoms with Crippen LogP contribution in [0.25, 0.3) is 16.6 Å². The molecule has 0 radical (unpaired) electrons. The van der Waals surface area contributed by atoms with Crippen molar-refractivity contribution in [3.05, 3.63) is 47.2 Å². The number of likely N-dealkylation sites (tertiary alicyclic amines) is 1. The Bertz CT molecular complexity index is 808. The molecule has 0 atom stereocenters. The van der Waals surface area contributed by atoms with Crippen LogP contribution in [-0.2, 0) is 9.59 Å². The molecule has 0 bridgehead atoms. The van der Waals surface area contributed by atoms with Crippen LogP contribution >= 0.6 is 11.3 Å². The Morgan fingerprint density at radius 1 is 1.27 bits per heavy atom. The Hall–Kier alpha value is -2.54. The van der Waals surface area contributed by atoms with Gasteiger partial charge in [-0.2, -0.15) is 0 Å². The Labute approximate surface area is 155 Å². The fourth-order valence-electron chi connectivity index (χ4n) is 2.84. The maximum Gasteiger partial charge on any atom is 0.244 e. The molecule has 2 aromatic rings. The van der Waals surface area contributed by atoms with Gasteiger partial charge in [-0.3, -0.25) is 9.59 Å². The molecule has 0 aliphatic carbocycles. The Morgan fingerprint density at radius 2 is 1.96 bits per heavy atom. The number of rotatable bonds is 4. The van der Waals surface area contributed by atoms with E-state index in [1.807, 2.05) is 5.38 Å². The van der Waals surface area contributed by atoms with Gasteiger partial charge in [-0.15, -0.1) is 11.3 Å². The van der Waals surface area contributed by atoms with Crippen molar-refractivity contribution >= 4 is 29.2 Å². The molecule has 2 heterocycles. The lowest BCUT2D eigenvalue weighted by Crippen LogP contribution is -2.45. The summed E-state index contributed by atoms with van der Waals surface area (Å²) in [5.74, 6) is -0.367. The van der Waals surface area contributed by atoms with Crippen molar-refractivity contribution in [1.82, 2.24) is 15.2 Å². The maximum absolute atomic E-state index is 13.0. The smallest absolute Gasteiger partial charge is 0.244 e. The summed E-state index contributed by atoms with van der Waals surface area (Å²) in [6, 6.07) is 6.26. The highest BCUT2D eigenvalue weighted by Crippen LogP contribution is 2.24. The van der Waals surface area contributed by atoms with E-state index in [0.717, 1.165) is 23.4 Å². The SMILES string of the molecule is CC(=O)N1CCC(NC(=O)C=Cc2csc(-c3ccc(F)cc3)n2)CC1.